The zero-order valence-corrected chi connectivity index (χ0v) is 12.6. The predicted molar refractivity (Wildman–Crippen MR) is 77.5 cm³/mol. The second-order valence-corrected chi connectivity index (χ2v) is 5.85. The van der Waals surface area contributed by atoms with E-state index in [1.54, 1.807) is 19.0 Å². The van der Waals surface area contributed by atoms with Crippen molar-refractivity contribution in [1.29, 1.82) is 0 Å². The molecule has 6 nitrogen and oxygen atoms in total. The zero-order chi connectivity index (χ0) is 14.5. The summed E-state index contributed by atoms with van der Waals surface area (Å²) < 4.78 is 0. The average molecular weight is 282 g/mol. The molecule has 0 bridgehead atoms. The second-order valence-electron chi connectivity index (χ2n) is 5.85. The molecule has 3 amide bonds. The number of hydrogen-bond donors (Lipinski definition) is 1. The molecule has 0 aliphatic carbocycles. The third-order valence-corrected chi connectivity index (χ3v) is 4.10. The quantitative estimate of drug-likeness (QED) is 0.755. The molecule has 0 spiro atoms. The van der Waals surface area contributed by atoms with Gasteiger partial charge in [-0.3, -0.25) is 4.79 Å². The van der Waals surface area contributed by atoms with Crippen molar-refractivity contribution in [3.8, 4) is 0 Å². The Bertz CT molecular complexity index is 343. The summed E-state index contributed by atoms with van der Waals surface area (Å²) in [6.07, 6.45) is 4.44. The lowest BCUT2D eigenvalue weighted by Gasteiger charge is -2.37. The van der Waals surface area contributed by atoms with Crippen LogP contribution >= 0.6 is 0 Å². The predicted octanol–water partition coefficient (Wildman–Crippen LogP) is 0.344. The Morgan fingerprint density at radius 3 is 2.30 bits per heavy atom. The third kappa shape index (κ3) is 3.62. The summed E-state index contributed by atoms with van der Waals surface area (Å²) in [5, 5.41) is 3.35. The van der Waals surface area contributed by atoms with Gasteiger partial charge in [-0.15, -0.1) is 0 Å². The summed E-state index contributed by atoms with van der Waals surface area (Å²) in [6, 6.07) is 0.0123. The molecule has 2 aliphatic heterocycles. The van der Waals surface area contributed by atoms with Crippen molar-refractivity contribution in [3.05, 3.63) is 0 Å². The maximum Gasteiger partial charge on any atom is 0.319 e. The molecule has 2 fully saturated rings. The van der Waals surface area contributed by atoms with Crippen LogP contribution in [0.5, 0.6) is 0 Å². The van der Waals surface area contributed by atoms with E-state index in [0.717, 1.165) is 25.8 Å². The number of rotatable bonds is 1. The summed E-state index contributed by atoms with van der Waals surface area (Å²) >= 11 is 0. The number of urea groups is 1. The highest BCUT2D eigenvalue weighted by molar-refractivity contribution is 5.82. The van der Waals surface area contributed by atoms with Gasteiger partial charge in [0.25, 0.3) is 0 Å². The van der Waals surface area contributed by atoms with E-state index < -0.39 is 0 Å². The molecule has 114 valence electrons. The van der Waals surface area contributed by atoms with Crippen molar-refractivity contribution in [3.63, 3.8) is 0 Å². The highest BCUT2D eigenvalue weighted by Crippen LogP contribution is 2.12. The van der Waals surface area contributed by atoms with Gasteiger partial charge in [0.05, 0.1) is 6.04 Å². The molecule has 0 aromatic heterocycles. The van der Waals surface area contributed by atoms with Crippen molar-refractivity contribution in [2.45, 2.75) is 31.7 Å². The first kappa shape index (κ1) is 15.1. The summed E-state index contributed by atoms with van der Waals surface area (Å²) in [7, 11) is 3.52. The van der Waals surface area contributed by atoms with Crippen LogP contribution in [0, 0.1) is 0 Å². The van der Waals surface area contributed by atoms with Crippen LogP contribution in [0.15, 0.2) is 0 Å². The van der Waals surface area contributed by atoms with Crippen LogP contribution in [0.3, 0.4) is 0 Å². The average Bonchev–Trinajstić information content (AvgIpc) is 2.75. The molecule has 1 N–H and O–H groups in total. The van der Waals surface area contributed by atoms with Gasteiger partial charge in [0, 0.05) is 40.3 Å². The zero-order valence-electron chi connectivity index (χ0n) is 12.6. The van der Waals surface area contributed by atoms with Crippen molar-refractivity contribution in [1.82, 2.24) is 20.0 Å². The summed E-state index contributed by atoms with van der Waals surface area (Å²) in [5.41, 5.74) is 0. The molecule has 0 radical (unpaired) electrons. The molecular formula is C14H26N4O2. The summed E-state index contributed by atoms with van der Waals surface area (Å²) in [4.78, 5) is 29.6. The van der Waals surface area contributed by atoms with E-state index >= 15 is 0 Å². The minimum Gasteiger partial charge on any atom is -0.338 e. The second kappa shape index (κ2) is 6.92. The van der Waals surface area contributed by atoms with Crippen molar-refractivity contribution in [2.24, 2.45) is 0 Å². The Morgan fingerprint density at radius 1 is 1.00 bits per heavy atom. The first-order valence-electron chi connectivity index (χ1n) is 7.58. The molecule has 2 rings (SSSR count). The fourth-order valence-electron chi connectivity index (χ4n) is 2.86. The highest BCUT2D eigenvalue weighted by Gasteiger charge is 2.29. The van der Waals surface area contributed by atoms with Gasteiger partial charge in [0.1, 0.15) is 0 Å². The molecule has 1 unspecified atom stereocenters. The topological polar surface area (TPSA) is 55.9 Å². The van der Waals surface area contributed by atoms with Crippen molar-refractivity contribution in [2.75, 3.05) is 46.8 Å². The van der Waals surface area contributed by atoms with E-state index in [-0.39, 0.29) is 18.0 Å². The maximum atomic E-state index is 12.5. The number of hydrogen-bond acceptors (Lipinski definition) is 3. The largest absolute Gasteiger partial charge is 0.338 e. The van der Waals surface area contributed by atoms with E-state index in [0.29, 0.717) is 26.2 Å². The van der Waals surface area contributed by atoms with Gasteiger partial charge in [-0.1, -0.05) is 12.8 Å². The van der Waals surface area contributed by atoms with E-state index in [1.807, 2.05) is 9.80 Å². The minimum atomic E-state index is -0.0198. The molecule has 0 aromatic carbocycles. The number of amides is 3. The molecule has 6 heteroatoms. The van der Waals surface area contributed by atoms with E-state index in [4.69, 9.17) is 0 Å². The summed E-state index contributed by atoms with van der Waals surface area (Å²) in [5.74, 6) is 0.212. The molecule has 2 saturated heterocycles. The molecule has 20 heavy (non-hydrogen) atoms. The molecule has 0 aromatic rings. The van der Waals surface area contributed by atoms with Gasteiger partial charge in [0.15, 0.2) is 0 Å². The van der Waals surface area contributed by atoms with Crippen LogP contribution in [-0.2, 0) is 4.79 Å². The molecule has 1 atom stereocenters. The number of nitrogens with zero attached hydrogens (tertiary/aromatic N) is 3. The lowest BCUT2D eigenvalue weighted by Crippen LogP contribution is -2.56. The van der Waals surface area contributed by atoms with Gasteiger partial charge >= 0.3 is 6.03 Å². The van der Waals surface area contributed by atoms with Crippen LogP contribution in [0.1, 0.15) is 25.7 Å². The lowest BCUT2D eigenvalue weighted by molar-refractivity contribution is -0.135. The lowest BCUT2D eigenvalue weighted by atomic mass is 10.1. The molecule has 0 saturated carbocycles. The highest BCUT2D eigenvalue weighted by atomic mass is 16.2. The maximum absolute atomic E-state index is 12.5. The van der Waals surface area contributed by atoms with E-state index in [9.17, 15) is 9.59 Å². The summed E-state index contributed by atoms with van der Waals surface area (Å²) in [6.45, 7) is 3.51. The Kier molecular flexibility index (Phi) is 5.23. The first-order chi connectivity index (χ1) is 9.59. The van der Waals surface area contributed by atoms with Gasteiger partial charge in [-0.05, 0) is 19.4 Å². The molecule has 2 heterocycles. The Labute approximate surface area is 121 Å². The van der Waals surface area contributed by atoms with Gasteiger partial charge in [0.2, 0.25) is 5.91 Å². The number of piperazine rings is 1. The smallest absolute Gasteiger partial charge is 0.319 e. The van der Waals surface area contributed by atoms with Crippen LogP contribution in [0.2, 0.25) is 0 Å². The van der Waals surface area contributed by atoms with Crippen LogP contribution in [0.25, 0.3) is 0 Å². The van der Waals surface area contributed by atoms with Crippen LogP contribution in [-0.4, -0.2) is 79.5 Å². The fraction of sp³-hybridized carbons (Fsp3) is 0.857. The Morgan fingerprint density at radius 2 is 1.65 bits per heavy atom. The third-order valence-electron chi connectivity index (χ3n) is 4.10. The van der Waals surface area contributed by atoms with Gasteiger partial charge in [-0.25, -0.2) is 4.79 Å². The Balaban J connectivity index is 1.83. The number of carbonyl (C=O) groups is 2. The standard InChI is InChI=1S/C14H26N4O2/c1-16(2)14(20)18-10-8-17(9-11-18)13(19)12-6-4-3-5-7-15-12/h12,15H,3-11H2,1-2H3. The number of carbonyl (C=O) groups excluding carboxylic acids is 2. The number of nitrogens with one attached hydrogen (secondary N) is 1. The SMILES string of the molecule is CN(C)C(=O)N1CCN(C(=O)C2CCCCCN2)CC1. The van der Waals surface area contributed by atoms with Gasteiger partial charge in [-0.2, -0.15) is 0 Å². The van der Waals surface area contributed by atoms with Crippen LogP contribution < -0.4 is 5.32 Å². The first-order valence-corrected chi connectivity index (χ1v) is 7.58. The minimum absolute atomic E-state index is 0.0198. The molecular weight excluding hydrogens is 256 g/mol. The monoisotopic (exact) mass is 282 g/mol. The normalized spacial score (nSPS) is 24.2. The van der Waals surface area contributed by atoms with Crippen molar-refractivity contribution < 1.29 is 9.59 Å². The Hall–Kier alpha value is -1.30. The van der Waals surface area contributed by atoms with Gasteiger partial charge < -0.3 is 20.0 Å². The van der Waals surface area contributed by atoms with E-state index in [2.05, 4.69) is 5.32 Å². The van der Waals surface area contributed by atoms with Crippen LogP contribution in [0.4, 0.5) is 4.79 Å². The fourth-order valence-corrected chi connectivity index (χ4v) is 2.86. The molecule has 2 aliphatic rings. The van der Waals surface area contributed by atoms with Crippen molar-refractivity contribution >= 4 is 11.9 Å². The van der Waals surface area contributed by atoms with E-state index in [1.165, 1.54) is 6.42 Å².